The number of esters is 1. The van der Waals surface area contributed by atoms with Crippen LogP contribution in [0.25, 0.3) is 0 Å². The molecule has 0 amide bonds. The molecule has 1 rings (SSSR count). The Morgan fingerprint density at radius 3 is 2.50 bits per heavy atom. The summed E-state index contributed by atoms with van der Waals surface area (Å²) >= 11 is 10.2. The monoisotopic (exact) mass is 394 g/mol. The van der Waals surface area contributed by atoms with Crippen molar-refractivity contribution in [2.24, 2.45) is 5.41 Å². The molecule has 0 spiro atoms. The summed E-state index contributed by atoms with van der Waals surface area (Å²) in [4.78, 5) is 12.3. The molecule has 2 unspecified atom stereocenters. The van der Waals surface area contributed by atoms with Gasteiger partial charge in [-0.2, -0.15) is 25.3 Å². The molecular weight excluding hydrogens is 368 g/mol. The quantitative estimate of drug-likeness (QED) is 0.282. The number of carbonyl (C=O) groups is 1. The summed E-state index contributed by atoms with van der Waals surface area (Å²) in [6.07, 6.45) is 6.80. The van der Waals surface area contributed by atoms with Crippen molar-refractivity contribution in [1.82, 2.24) is 0 Å². The molecule has 0 saturated carbocycles. The van der Waals surface area contributed by atoms with Crippen LogP contribution in [0.15, 0.2) is 23.8 Å². The van der Waals surface area contributed by atoms with Crippen LogP contribution in [0.3, 0.4) is 0 Å². The van der Waals surface area contributed by atoms with Crippen LogP contribution in [0.2, 0.25) is 0 Å². The molecule has 0 bridgehead atoms. The first-order valence-electron chi connectivity index (χ1n) is 7.66. The standard InChI is InChI=1S/C16H26O5S3/c1-12(14(20)21-10-15(7-17,8-18)9-19)24-16(11-23)4-2-3-13(5-16)6-22/h2-4,12,17-19,22-23H,5-11H2,1H3. The van der Waals surface area contributed by atoms with Crippen molar-refractivity contribution >= 4 is 43.0 Å². The molecule has 1 aliphatic rings. The second kappa shape index (κ2) is 10.1. The van der Waals surface area contributed by atoms with Gasteiger partial charge in [0.1, 0.15) is 11.9 Å². The topological polar surface area (TPSA) is 87.0 Å². The van der Waals surface area contributed by atoms with E-state index >= 15 is 0 Å². The van der Waals surface area contributed by atoms with E-state index in [4.69, 9.17) is 4.74 Å². The van der Waals surface area contributed by atoms with Gasteiger partial charge in [0.05, 0.1) is 25.2 Å². The molecule has 0 fully saturated rings. The van der Waals surface area contributed by atoms with E-state index in [1.165, 1.54) is 17.3 Å². The van der Waals surface area contributed by atoms with Gasteiger partial charge in [-0.3, -0.25) is 4.79 Å². The lowest BCUT2D eigenvalue weighted by Gasteiger charge is -2.34. The van der Waals surface area contributed by atoms with E-state index in [9.17, 15) is 20.1 Å². The summed E-state index contributed by atoms with van der Waals surface area (Å²) in [6.45, 7) is 0.131. The fraction of sp³-hybridized carbons (Fsp3) is 0.688. The van der Waals surface area contributed by atoms with Gasteiger partial charge in [-0.15, -0.1) is 11.8 Å². The Balaban J connectivity index is 2.66. The summed E-state index contributed by atoms with van der Waals surface area (Å²) < 4.78 is 4.91. The maximum atomic E-state index is 12.3. The minimum atomic E-state index is -1.21. The van der Waals surface area contributed by atoms with E-state index < -0.39 is 36.5 Å². The van der Waals surface area contributed by atoms with Crippen LogP contribution >= 0.6 is 37.0 Å². The van der Waals surface area contributed by atoms with E-state index in [1.807, 2.05) is 18.2 Å². The Morgan fingerprint density at radius 2 is 2.00 bits per heavy atom. The summed E-state index contributed by atoms with van der Waals surface area (Å²) in [7, 11) is 0. The van der Waals surface area contributed by atoms with Gasteiger partial charge in [0.2, 0.25) is 0 Å². The van der Waals surface area contributed by atoms with Gasteiger partial charge in [0.25, 0.3) is 0 Å². The lowest BCUT2D eigenvalue weighted by atomic mass is 9.93. The highest BCUT2D eigenvalue weighted by atomic mass is 32.2. The molecule has 8 heteroatoms. The third kappa shape index (κ3) is 5.71. The van der Waals surface area contributed by atoms with Crippen molar-refractivity contribution in [3.05, 3.63) is 23.8 Å². The molecule has 138 valence electrons. The fourth-order valence-electron chi connectivity index (χ4n) is 2.23. The lowest BCUT2D eigenvalue weighted by Crippen LogP contribution is -2.40. The zero-order valence-corrected chi connectivity index (χ0v) is 16.3. The summed E-state index contributed by atoms with van der Waals surface area (Å²) in [6, 6.07) is 0. The third-order valence-corrected chi connectivity index (χ3v) is 6.62. The van der Waals surface area contributed by atoms with E-state index in [1.54, 1.807) is 6.92 Å². The minimum absolute atomic E-state index is 0.230. The van der Waals surface area contributed by atoms with Gasteiger partial charge < -0.3 is 20.1 Å². The number of aliphatic hydroxyl groups excluding tert-OH is 3. The zero-order chi connectivity index (χ0) is 18.2. The molecule has 0 aliphatic heterocycles. The van der Waals surface area contributed by atoms with Crippen molar-refractivity contribution < 1.29 is 24.9 Å². The van der Waals surface area contributed by atoms with Crippen LogP contribution < -0.4 is 0 Å². The van der Waals surface area contributed by atoms with Gasteiger partial charge in [-0.1, -0.05) is 23.8 Å². The Hall–Kier alpha value is -0.120. The van der Waals surface area contributed by atoms with Crippen LogP contribution in [0.4, 0.5) is 0 Å². The highest BCUT2D eigenvalue weighted by Crippen LogP contribution is 2.40. The molecule has 0 heterocycles. The number of thioether (sulfide) groups is 1. The Bertz CT molecular complexity index is 468. The Kier molecular flexibility index (Phi) is 9.25. The molecule has 3 N–H and O–H groups in total. The molecule has 0 aromatic carbocycles. The predicted octanol–water partition coefficient (Wildman–Crippen LogP) is 1.10. The zero-order valence-electron chi connectivity index (χ0n) is 13.7. The van der Waals surface area contributed by atoms with Crippen molar-refractivity contribution in [3.8, 4) is 0 Å². The molecule has 1 aliphatic carbocycles. The summed E-state index contributed by atoms with van der Waals surface area (Å²) in [5.41, 5.74) is -0.0312. The number of hydrogen-bond donors (Lipinski definition) is 5. The van der Waals surface area contributed by atoms with E-state index in [-0.39, 0.29) is 11.4 Å². The first-order valence-corrected chi connectivity index (χ1v) is 9.80. The number of ether oxygens (including phenoxy) is 1. The van der Waals surface area contributed by atoms with E-state index in [0.717, 1.165) is 6.42 Å². The normalized spacial score (nSPS) is 22.2. The number of aliphatic hydroxyl groups is 3. The van der Waals surface area contributed by atoms with Crippen LogP contribution in [0, 0.1) is 5.41 Å². The third-order valence-electron chi connectivity index (χ3n) is 4.00. The Labute approximate surface area is 158 Å². The largest absolute Gasteiger partial charge is 0.464 e. The highest BCUT2D eigenvalue weighted by molar-refractivity contribution is 8.02. The van der Waals surface area contributed by atoms with Crippen molar-refractivity contribution in [2.75, 3.05) is 37.9 Å². The maximum Gasteiger partial charge on any atom is 0.318 e. The lowest BCUT2D eigenvalue weighted by molar-refractivity contribution is -0.150. The van der Waals surface area contributed by atoms with Crippen LogP contribution in [-0.2, 0) is 9.53 Å². The first kappa shape index (κ1) is 21.9. The first-order chi connectivity index (χ1) is 11.4. The van der Waals surface area contributed by atoms with Crippen molar-refractivity contribution in [3.63, 3.8) is 0 Å². The average molecular weight is 395 g/mol. The van der Waals surface area contributed by atoms with E-state index in [2.05, 4.69) is 25.3 Å². The van der Waals surface area contributed by atoms with Crippen molar-refractivity contribution in [1.29, 1.82) is 0 Å². The van der Waals surface area contributed by atoms with Gasteiger partial charge >= 0.3 is 5.97 Å². The van der Waals surface area contributed by atoms with E-state index in [0.29, 0.717) is 11.5 Å². The predicted molar refractivity (Wildman–Crippen MR) is 104 cm³/mol. The summed E-state index contributed by atoms with van der Waals surface area (Å²) in [5.74, 6) is 0.784. The molecule has 2 atom stereocenters. The number of hydrogen-bond acceptors (Lipinski definition) is 8. The van der Waals surface area contributed by atoms with Crippen LogP contribution in [-0.4, -0.2) is 69.2 Å². The molecule has 0 saturated heterocycles. The van der Waals surface area contributed by atoms with Crippen LogP contribution in [0.5, 0.6) is 0 Å². The fourth-order valence-corrected chi connectivity index (χ4v) is 4.25. The second-order valence-corrected chi connectivity index (χ2v) is 8.47. The smallest absolute Gasteiger partial charge is 0.318 e. The summed E-state index contributed by atoms with van der Waals surface area (Å²) in [5, 5.41) is 27.4. The number of rotatable bonds is 10. The molecule has 5 nitrogen and oxygen atoms in total. The second-order valence-electron chi connectivity index (χ2n) is 6.08. The molecular formula is C16H26O5S3. The van der Waals surface area contributed by atoms with Gasteiger partial charge in [-0.25, -0.2) is 0 Å². The number of carbonyl (C=O) groups excluding carboxylic acids is 1. The van der Waals surface area contributed by atoms with Crippen LogP contribution in [0.1, 0.15) is 13.3 Å². The molecule has 0 aromatic rings. The number of thiol groups is 2. The average Bonchev–Trinajstić information content (AvgIpc) is 2.63. The highest BCUT2D eigenvalue weighted by Gasteiger charge is 2.35. The van der Waals surface area contributed by atoms with Crippen molar-refractivity contribution in [2.45, 2.75) is 23.3 Å². The maximum absolute atomic E-state index is 12.3. The molecule has 0 aromatic heterocycles. The Morgan fingerprint density at radius 1 is 1.38 bits per heavy atom. The number of allylic oxidation sites excluding steroid dienone is 2. The molecule has 0 radical (unpaired) electrons. The minimum Gasteiger partial charge on any atom is -0.464 e. The molecule has 24 heavy (non-hydrogen) atoms. The SMILES string of the molecule is CC(SC1(CS)C=CC=C(CS)C1)C(=O)OCC(CO)(CO)CO. The van der Waals surface area contributed by atoms with Gasteiger partial charge in [0.15, 0.2) is 0 Å². The van der Waals surface area contributed by atoms with Gasteiger partial charge in [0, 0.05) is 16.3 Å². The van der Waals surface area contributed by atoms with Gasteiger partial charge in [-0.05, 0) is 13.3 Å².